The van der Waals surface area contributed by atoms with Crippen LogP contribution in [0.2, 0.25) is 5.02 Å². The average Bonchev–Trinajstić information content (AvgIpc) is 2.77. The summed E-state index contributed by atoms with van der Waals surface area (Å²) in [5.41, 5.74) is -0.553. The normalized spacial score (nSPS) is 18.6. The Balaban J connectivity index is 1.36. The third-order valence-electron chi connectivity index (χ3n) is 4.71. The highest BCUT2D eigenvalue weighted by Crippen LogP contribution is 2.28. The van der Waals surface area contributed by atoms with Gasteiger partial charge in [-0.05, 0) is 49.2 Å². The van der Waals surface area contributed by atoms with E-state index in [-0.39, 0.29) is 37.6 Å². The van der Waals surface area contributed by atoms with E-state index < -0.39 is 17.8 Å². The molecular formula is C21H21ClF3N3O4. The first-order valence-corrected chi connectivity index (χ1v) is 10.2. The second-order valence-corrected chi connectivity index (χ2v) is 7.60. The zero-order valence-corrected chi connectivity index (χ0v) is 17.6. The Labute approximate surface area is 187 Å². The van der Waals surface area contributed by atoms with Crippen molar-refractivity contribution < 1.29 is 32.2 Å². The smallest absolute Gasteiger partial charge is 0.417 e. The lowest BCUT2D eigenvalue weighted by molar-refractivity contribution is -0.138. The van der Waals surface area contributed by atoms with Gasteiger partial charge in [0.25, 0.3) is 5.91 Å². The summed E-state index contributed by atoms with van der Waals surface area (Å²) >= 11 is 5.79. The van der Waals surface area contributed by atoms with Gasteiger partial charge in [-0.15, -0.1) is 0 Å². The standard InChI is InChI=1S/C21H21ClF3N3O4/c22-14-2-6-17(7-3-14)31-12-19(29)28-16-5-8-18(32-11-16)20(30)27-10-15-4-1-13(9-26-15)21(23,24)25/h1-4,6-7,9,16,18H,5,8,10-12H2,(H,27,30)(H,28,29)/t16-,18+/m0/s1. The molecule has 11 heteroatoms. The van der Waals surface area contributed by atoms with Gasteiger partial charge in [-0.3, -0.25) is 14.6 Å². The van der Waals surface area contributed by atoms with Gasteiger partial charge in [-0.2, -0.15) is 13.2 Å². The van der Waals surface area contributed by atoms with Crippen molar-refractivity contribution in [3.63, 3.8) is 0 Å². The van der Waals surface area contributed by atoms with Crippen LogP contribution in [0.15, 0.2) is 42.6 Å². The topological polar surface area (TPSA) is 89.5 Å². The Kier molecular flexibility index (Phi) is 7.92. The molecule has 7 nitrogen and oxygen atoms in total. The van der Waals surface area contributed by atoms with Crippen LogP contribution in [-0.2, 0) is 27.0 Å². The molecule has 1 saturated heterocycles. The van der Waals surface area contributed by atoms with Crippen molar-refractivity contribution in [1.82, 2.24) is 15.6 Å². The molecule has 32 heavy (non-hydrogen) atoms. The number of carbonyl (C=O) groups excluding carboxylic acids is 2. The van der Waals surface area contributed by atoms with Crippen LogP contribution in [0.5, 0.6) is 5.75 Å². The number of hydrogen-bond acceptors (Lipinski definition) is 5. The summed E-state index contributed by atoms with van der Waals surface area (Å²) in [7, 11) is 0. The third kappa shape index (κ3) is 7.10. The van der Waals surface area contributed by atoms with Crippen molar-refractivity contribution in [2.24, 2.45) is 0 Å². The summed E-state index contributed by atoms with van der Waals surface area (Å²) in [6.45, 7) is -0.0233. The molecule has 1 aliphatic heterocycles. The third-order valence-corrected chi connectivity index (χ3v) is 4.96. The summed E-state index contributed by atoms with van der Waals surface area (Å²) in [4.78, 5) is 28.0. The van der Waals surface area contributed by atoms with Crippen LogP contribution in [0, 0.1) is 0 Å². The van der Waals surface area contributed by atoms with Gasteiger partial charge >= 0.3 is 6.18 Å². The van der Waals surface area contributed by atoms with Crippen LogP contribution in [0.1, 0.15) is 24.1 Å². The minimum Gasteiger partial charge on any atom is -0.484 e. The van der Waals surface area contributed by atoms with Crippen molar-refractivity contribution in [3.05, 3.63) is 58.9 Å². The molecule has 0 aliphatic carbocycles. The lowest BCUT2D eigenvalue weighted by atomic mass is 10.0. The summed E-state index contributed by atoms with van der Waals surface area (Å²) in [5, 5.41) is 5.95. The van der Waals surface area contributed by atoms with E-state index in [4.69, 9.17) is 21.1 Å². The minimum atomic E-state index is -4.46. The number of rotatable bonds is 7. The molecule has 1 aliphatic rings. The lowest BCUT2D eigenvalue weighted by Gasteiger charge is -2.28. The number of ether oxygens (including phenoxy) is 2. The van der Waals surface area contributed by atoms with E-state index in [1.54, 1.807) is 24.3 Å². The zero-order chi connectivity index (χ0) is 23.1. The van der Waals surface area contributed by atoms with E-state index in [9.17, 15) is 22.8 Å². The van der Waals surface area contributed by atoms with Crippen LogP contribution in [-0.4, -0.2) is 42.2 Å². The quantitative estimate of drug-likeness (QED) is 0.647. The predicted octanol–water partition coefficient (Wildman–Crippen LogP) is 3.11. The highest BCUT2D eigenvalue weighted by molar-refractivity contribution is 6.30. The van der Waals surface area contributed by atoms with Gasteiger partial charge in [0.2, 0.25) is 5.91 Å². The molecule has 2 amide bonds. The minimum absolute atomic E-state index is 0.0148. The Bertz CT molecular complexity index is 915. The largest absolute Gasteiger partial charge is 0.484 e. The zero-order valence-electron chi connectivity index (χ0n) is 16.8. The first-order valence-electron chi connectivity index (χ1n) is 9.80. The SMILES string of the molecule is O=C(COc1ccc(Cl)cc1)N[C@H]1CC[C@H](C(=O)NCc2ccc(C(F)(F)F)cn2)OC1. The van der Waals surface area contributed by atoms with Crippen LogP contribution < -0.4 is 15.4 Å². The number of benzene rings is 1. The first kappa shape index (κ1) is 23.8. The van der Waals surface area contributed by atoms with Crippen molar-refractivity contribution >= 4 is 23.4 Å². The van der Waals surface area contributed by atoms with Crippen molar-refractivity contribution in [2.45, 2.75) is 37.7 Å². The van der Waals surface area contributed by atoms with Crippen molar-refractivity contribution in [1.29, 1.82) is 0 Å². The second kappa shape index (κ2) is 10.6. The summed E-state index contributed by atoms with van der Waals surface area (Å²) in [6.07, 6.45) is -3.53. The second-order valence-electron chi connectivity index (χ2n) is 7.16. The Morgan fingerprint density at radius 2 is 1.91 bits per heavy atom. The van der Waals surface area contributed by atoms with E-state index in [1.165, 1.54) is 6.07 Å². The van der Waals surface area contributed by atoms with Gasteiger partial charge in [0, 0.05) is 11.2 Å². The van der Waals surface area contributed by atoms with Gasteiger partial charge in [0.05, 0.1) is 30.5 Å². The van der Waals surface area contributed by atoms with Gasteiger partial charge in [-0.25, -0.2) is 0 Å². The predicted molar refractivity (Wildman–Crippen MR) is 109 cm³/mol. The van der Waals surface area contributed by atoms with E-state index in [0.717, 1.165) is 12.3 Å². The molecule has 1 aromatic carbocycles. The van der Waals surface area contributed by atoms with Crippen molar-refractivity contribution in [2.75, 3.05) is 13.2 Å². The van der Waals surface area contributed by atoms with Crippen LogP contribution in [0.25, 0.3) is 0 Å². The highest BCUT2D eigenvalue weighted by Gasteiger charge is 2.31. The molecule has 0 radical (unpaired) electrons. The Morgan fingerprint density at radius 3 is 2.50 bits per heavy atom. The average molecular weight is 472 g/mol. The summed E-state index contributed by atoms with van der Waals surface area (Å²) in [6, 6.07) is 8.49. The number of halogens is 4. The number of carbonyl (C=O) groups is 2. The van der Waals surface area contributed by atoms with E-state index in [2.05, 4.69) is 15.6 Å². The van der Waals surface area contributed by atoms with Gasteiger partial charge in [-0.1, -0.05) is 11.6 Å². The summed E-state index contributed by atoms with van der Waals surface area (Å²) < 4.78 is 48.6. The van der Waals surface area contributed by atoms with Crippen LogP contribution in [0.4, 0.5) is 13.2 Å². The fraction of sp³-hybridized carbons (Fsp3) is 0.381. The molecule has 0 unspecified atom stereocenters. The van der Waals surface area contributed by atoms with Crippen molar-refractivity contribution in [3.8, 4) is 5.75 Å². The fourth-order valence-corrected chi connectivity index (χ4v) is 3.14. The van der Waals surface area contributed by atoms with Crippen LogP contribution >= 0.6 is 11.6 Å². The molecule has 2 aromatic rings. The number of nitrogens with one attached hydrogen (secondary N) is 2. The Morgan fingerprint density at radius 1 is 1.16 bits per heavy atom. The first-order chi connectivity index (χ1) is 15.2. The number of alkyl halides is 3. The van der Waals surface area contributed by atoms with E-state index >= 15 is 0 Å². The molecule has 0 saturated carbocycles. The van der Waals surface area contributed by atoms with E-state index in [1.807, 2.05) is 0 Å². The highest BCUT2D eigenvalue weighted by atomic mass is 35.5. The summed E-state index contributed by atoms with van der Waals surface area (Å²) in [5.74, 6) is -0.184. The van der Waals surface area contributed by atoms with Crippen LogP contribution in [0.3, 0.4) is 0 Å². The number of pyridine rings is 1. The number of nitrogens with zero attached hydrogens (tertiary/aromatic N) is 1. The lowest BCUT2D eigenvalue weighted by Crippen LogP contribution is -2.48. The molecule has 2 heterocycles. The molecule has 3 rings (SSSR count). The fourth-order valence-electron chi connectivity index (χ4n) is 3.01. The molecule has 2 N–H and O–H groups in total. The van der Waals surface area contributed by atoms with Gasteiger partial charge in [0.1, 0.15) is 11.9 Å². The maximum Gasteiger partial charge on any atom is 0.417 e. The molecule has 172 valence electrons. The maximum atomic E-state index is 12.6. The molecule has 0 bridgehead atoms. The number of amides is 2. The Hall–Kier alpha value is -2.85. The number of aromatic nitrogens is 1. The molecule has 2 atom stereocenters. The molecule has 1 fully saturated rings. The molecular weight excluding hydrogens is 451 g/mol. The maximum absolute atomic E-state index is 12.6. The van der Waals surface area contributed by atoms with E-state index in [0.29, 0.717) is 29.3 Å². The monoisotopic (exact) mass is 471 g/mol. The molecule has 0 spiro atoms. The van der Waals surface area contributed by atoms with Gasteiger partial charge in [0.15, 0.2) is 6.61 Å². The number of hydrogen-bond donors (Lipinski definition) is 2. The van der Waals surface area contributed by atoms with Gasteiger partial charge < -0.3 is 20.1 Å². The molecule has 1 aromatic heterocycles.